The number of hydrogen-bond acceptors (Lipinski definition) is 3. The summed E-state index contributed by atoms with van der Waals surface area (Å²) in [5, 5.41) is 0. The average molecular weight is 552 g/mol. The van der Waals surface area contributed by atoms with E-state index in [2.05, 4.69) is 45.2 Å². The minimum absolute atomic E-state index is 0.288. The van der Waals surface area contributed by atoms with E-state index in [9.17, 15) is 4.79 Å². The van der Waals surface area contributed by atoms with Crippen LogP contribution < -0.4 is 4.74 Å². The Balaban J connectivity index is 1.93. The molecule has 0 aromatic heterocycles. The SMILES string of the molecule is O=C1OC2(c3ccccc3Oc3ccccc32)c2ccc(I)c(I)c21. The molecular weight excluding hydrogens is 542 g/mol. The molecule has 0 fully saturated rings. The fourth-order valence-electron chi connectivity index (χ4n) is 3.65. The first-order valence-electron chi connectivity index (χ1n) is 7.71. The first-order chi connectivity index (χ1) is 12.1. The van der Waals surface area contributed by atoms with Gasteiger partial charge in [-0.15, -0.1) is 0 Å². The Morgan fingerprint density at radius 1 is 0.760 bits per heavy atom. The number of rotatable bonds is 0. The molecule has 5 heteroatoms. The summed E-state index contributed by atoms with van der Waals surface area (Å²) < 4.78 is 14.2. The van der Waals surface area contributed by atoms with E-state index >= 15 is 0 Å². The molecule has 0 N–H and O–H groups in total. The highest BCUT2D eigenvalue weighted by Gasteiger charge is 2.54. The standard InChI is InChI=1S/C20H10I2O3/c21-14-10-9-13-17(18(14)22)19(23)25-20(13)11-5-1-3-7-15(11)24-16-8-4-2-6-12(16)20/h1-10H. The van der Waals surface area contributed by atoms with Gasteiger partial charge in [-0.3, -0.25) is 0 Å². The number of hydrogen-bond donors (Lipinski definition) is 0. The highest BCUT2D eigenvalue weighted by atomic mass is 127. The molecule has 3 aromatic rings. The molecular formula is C20H10I2O3. The van der Waals surface area contributed by atoms with Crippen LogP contribution in [0.2, 0.25) is 0 Å². The number of halogens is 2. The van der Waals surface area contributed by atoms with Crippen LogP contribution in [0, 0.1) is 7.14 Å². The molecule has 0 unspecified atom stereocenters. The van der Waals surface area contributed by atoms with E-state index in [1.54, 1.807) is 0 Å². The average Bonchev–Trinajstić information content (AvgIpc) is 2.92. The number of carbonyl (C=O) groups is 1. The van der Waals surface area contributed by atoms with Gasteiger partial charge in [-0.2, -0.15) is 0 Å². The van der Waals surface area contributed by atoms with Crippen LogP contribution in [0.15, 0.2) is 60.7 Å². The summed E-state index contributed by atoms with van der Waals surface area (Å²) in [5.74, 6) is 1.15. The quantitative estimate of drug-likeness (QED) is 0.275. The van der Waals surface area contributed by atoms with Crippen molar-refractivity contribution in [1.82, 2.24) is 0 Å². The van der Waals surface area contributed by atoms with Gasteiger partial charge in [0.15, 0.2) is 5.60 Å². The number of carbonyl (C=O) groups excluding carboxylic acids is 1. The van der Waals surface area contributed by atoms with E-state index in [1.807, 2.05) is 60.7 Å². The summed E-state index contributed by atoms with van der Waals surface area (Å²) in [6.45, 7) is 0. The lowest BCUT2D eigenvalue weighted by molar-refractivity contribution is 0.0224. The minimum atomic E-state index is -0.956. The molecule has 0 aliphatic carbocycles. The summed E-state index contributed by atoms with van der Waals surface area (Å²) >= 11 is 4.47. The van der Waals surface area contributed by atoms with Crippen molar-refractivity contribution in [3.05, 3.63) is 90.1 Å². The topological polar surface area (TPSA) is 35.5 Å². The van der Waals surface area contributed by atoms with Crippen LogP contribution in [0.1, 0.15) is 27.0 Å². The van der Waals surface area contributed by atoms with Gasteiger partial charge in [0.1, 0.15) is 11.5 Å². The molecule has 2 aliphatic heterocycles. The number of ether oxygens (including phenoxy) is 2. The Hall–Kier alpha value is -1.61. The highest BCUT2D eigenvalue weighted by Crippen LogP contribution is 2.56. The predicted octanol–water partition coefficient (Wildman–Crippen LogP) is 5.46. The molecule has 0 bridgehead atoms. The van der Waals surface area contributed by atoms with Gasteiger partial charge in [0.25, 0.3) is 0 Å². The van der Waals surface area contributed by atoms with Gasteiger partial charge < -0.3 is 9.47 Å². The molecule has 1 spiro atoms. The van der Waals surface area contributed by atoms with E-state index in [-0.39, 0.29) is 5.97 Å². The normalized spacial score (nSPS) is 15.8. The molecule has 5 rings (SSSR count). The predicted molar refractivity (Wildman–Crippen MR) is 110 cm³/mol. The lowest BCUT2D eigenvalue weighted by Gasteiger charge is -2.36. The molecule has 0 radical (unpaired) electrons. The smallest absolute Gasteiger partial charge is 0.341 e. The second-order valence-corrected chi connectivity index (χ2v) is 8.19. The van der Waals surface area contributed by atoms with Crippen molar-refractivity contribution >= 4 is 51.2 Å². The Morgan fingerprint density at radius 3 is 2.00 bits per heavy atom. The molecule has 0 saturated carbocycles. The van der Waals surface area contributed by atoms with Gasteiger partial charge in [0.05, 0.1) is 5.56 Å². The Labute approximate surface area is 171 Å². The first kappa shape index (κ1) is 15.6. The van der Waals surface area contributed by atoms with Gasteiger partial charge in [-0.1, -0.05) is 42.5 Å². The molecule has 0 amide bonds. The third kappa shape index (κ3) is 1.99. The lowest BCUT2D eigenvalue weighted by atomic mass is 9.78. The number of fused-ring (bicyclic) bond motifs is 6. The third-order valence-corrected chi connectivity index (χ3v) is 7.73. The summed E-state index contributed by atoms with van der Waals surface area (Å²) in [4.78, 5) is 12.9. The minimum Gasteiger partial charge on any atom is -0.456 e. The van der Waals surface area contributed by atoms with Crippen molar-refractivity contribution in [2.75, 3.05) is 0 Å². The van der Waals surface area contributed by atoms with E-state index in [0.717, 1.165) is 35.3 Å². The van der Waals surface area contributed by atoms with Crippen molar-refractivity contribution in [1.29, 1.82) is 0 Å². The van der Waals surface area contributed by atoms with Crippen molar-refractivity contribution in [2.24, 2.45) is 0 Å². The monoisotopic (exact) mass is 552 g/mol. The zero-order valence-corrected chi connectivity index (χ0v) is 17.1. The second-order valence-electron chi connectivity index (χ2n) is 5.95. The summed E-state index contributed by atoms with van der Waals surface area (Å²) in [7, 11) is 0. The van der Waals surface area contributed by atoms with Crippen LogP contribution in [-0.2, 0) is 10.3 Å². The van der Waals surface area contributed by atoms with Gasteiger partial charge >= 0.3 is 5.97 Å². The maximum absolute atomic E-state index is 12.9. The zero-order chi connectivity index (χ0) is 17.2. The van der Waals surface area contributed by atoms with Crippen molar-refractivity contribution in [3.8, 4) is 11.5 Å². The molecule has 2 aliphatic rings. The van der Waals surface area contributed by atoms with Crippen LogP contribution in [0.4, 0.5) is 0 Å². The maximum atomic E-state index is 12.9. The molecule has 0 atom stereocenters. The highest BCUT2D eigenvalue weighted by molar-refractivity contribution is 14.1. The number of para-hydroxylation sites is 2. The van der Waals surface area contributed by atoms with E-state index in [1.165, 1.54) is 0 Å². The Kier molecular flexibility index (Phi) is 3.40. The zero-order valence-electron chi connectivity index (χ0n) is 12.8. The van der Waals surface area contributed by atoms with Gasteiger partial charge in [0, 0.05) is 23.8 Å². The van der Waals surface area contributed by atoms with Crippen molar-refractivity contribution < 1.29 is 14.3 Å². The van der Waals surface area contributed by atoms with Gasteiger partial charge in [-0.25, -0.2) is 4.79 Å². The summed E-state index contributed by atoms with van der Waals surface area (Å²) in [6, 6.07) is 19.5. The van der Waals surface area contributed by atoms with Gasteiger partial charge in [0.2, 0.25) is 0 Å². The molecule has 2 heterocycles. The van der Waals surface area contributed by atoms with Crippen molar-refractivity contribution in [2.45, 2.75) is 5.60 Å². The Morgan fingerprint density at radius 2 is 1.36 bits per heavy atom. The molecule has 3 nitrogen and oxygen atoms in total. The summed E-state index contributed by atoms with van der Waals surface area (Å²) in [6.07, 6.45) is 0. The largest absolute Gasteiger partial charge is 0.456 e. The third-order valence-electron chi connectivity index (χ3n) is 4.68. The van der Waals surface area contributed by atoms with E-state index < -0.39 is 5.60 Å². The molecule has 25 heavy (non-hydrogen) atoms. The van der Waals surface area contributed by atoms with Crippen LogP contribution >= 0.6 is 45.2 Å². The van der Waals surface area contributed by atoms with Crippen LogP contribution in [0.5, 0.6) is 11.5 Å². The van der Waals surface area contributed by atoms with Crippen LogP contribution in [0.25, 0.3) is 0 Å². The van der Waals surface area contributed by atoms with Gasteiger partial charge in [-0.05, 0) is 63.4 Å². The Bertz CT molecular complexity index is 1010. The second kappa shape index (κ2) is 5.44. The summed E-state index contributed by atoms with van der Waals surface area (Å²) in [5.41, 5.74) is 2.29. The maximum Gasteiger partial charge on any atom is 0.341 e. The fraction of sp³-hybridized carbons (Fsp3) is 0.0500. The van der Waals surface area contributed by atoms with E-state index in [4.69, 9.17) is 9.47 Å². The van der Waals surface area contributed by atoms with E-state index in [0.29, 0.717) is 5.56 Å². The van der Waals surface area contributed by atoms with Crippen LogP contribution in [0.3, 0.4) is 0 Å². The fourth-order valence-corrected chi connectivity index (χ4v) is 4.79. The molecule has 0 saturated heterocycles. The first-order valence-corrected chi connectivity index (χ1v) is 9.87. The van der Waals surface area contributed by atoms with Crippen molar-refractivity contribution in [3.63, 3.8) is 0 Å². The lowest BCUT2D eigenvalue weighted by Crippen LogP contribution is -2.32. The number of esters is 1. The number of benzene rings is 3. The molecule has 122 valence electrons. The molecule has 3 aromatic carbocycles. The van der Waals surface area contributed by atoms with Crippen LogP contribution in [-0.4, -0.2) is 5.97 Å².